The van der Waals surface area contributed by atoms with E-state index < -0.39 is 0 Å². The maximum Gasteiger partial charge on any atom is 0.289 e. The Balaban J connectivity index is 1.51. The fraction of sp³-hybridized carbons (Fsp3) is 0.667. The van der Waals surface area contributed by atoms with Gasteiger partial charge in [0, 0.05) is 33.2 Å². The maximum absolute atomic E-state index is 12.5. The molecule has 1 N–H and O–H groups in total. The van der Waals surface area contributed by atoms with E-state index in [1.807, 2.05) is 4.90 Å². The highest BCUT2D eigenvalue weighted by Crippen LogP contribution is 2.39. The predicted molar refractivity (Wildman–Crippen MR) is 96.3 cm³/mol. The van der Waals surface area contributed by atoms with Crippen LogP contribution in [0.3, 0.4) is 0 Å². The first kappa shape index (κ1) is 18.5. The minimum absolute atomic E-state index is 0.0261. The van der Waals surface area contributed by atoms with Crippen molar-refractivity contribution in [2.45, 2.75) is 44.6 Å². The minimum atomic E-state index is -0.111. The zero-order valence-corrected chi connectivity index (χ0v) is 16.1. The van der Waals surface area contributed by atoms with E-state index in [0.717, 1.165) is 45.3 Å². The summed E-state index contributed by atoms with van der Waals surface area (Å²) in [5.74, 6) is 0.918. The van der Waals surface area contributed by atoms with Crippen molar-refractivity contribution in [1.82, 2.24) is 10.2 Å². The molecule has 6 nitrogen and oxygen atoms in total. The summed E-state index contributed by atoms with van der Waals surface area (Å²) < 4.78 is 12.1. The Hall–Kier alpha value is -1.34. The molecule has 0 radical (unpaired) electrons. The number of piperidine rings is 1. The number of likely N-dealkylation sites (tertiary alicyclic amines) is 1. The van der Waals surface area contributed by atoms with Crippen LogP contribution in [-0.4, -0.2) is 48.6 Å². The zero-order chi connectivity index (χ0) is 17.9. The van der Waals surface area contributed by atoms with Gasteiger partial charge in [-0.1, -0.05) is 0 Å². The van der Waals surface area contributed by atoms with Gasteiger partial charge in [0.2, 0.25) is 5.91 Å². The smallest absolute Gasteiger partial charge is 0.289 e. The lowest BCUT2D eigenvalue weighted by Gasteiger charge is -2.46. The molecule has 1 aromatic heterocycles. The number of amides is 2. The van der Waals surface area contributed by atoms with E-state index >= 15 is 0 Å². The molecule has 7 heteroatoms. The largest absolute Gasteiger partial charge is 0.444 e. The fourth-order valence-electron chi connectivity index (χ4n) is 3.88. The van der Waals surface area contributed by atoms with Crippen LogP contribution in [0.2, 0.25) is 0 Å². The molecule has 3 heterocycles. The van der Waals surface area contributed by atoms with Gasteiger partial charge in [0.25, 0.3) is 5.91 Å². The van der Waals surface area contributed by atoms with Crippen LogP contribution in [0.25, 0.3) is 0 Å². The molecular formula is C18H25BrN2O4. The topological polar surface area (TPSA) is 71.8 Å². The Morgan fingerprint density at radius 2 is 2.12 bits per heavy atom. The van der Waals surface area contributed by atoms with Crippen molar-refractivity contribution in [3.8, 4) is 0 Å². The third kappa shape index (κ3) is 4.64. The van der Waals surface area contributed by atoms with E-state index in [0.29, 0.717) is 29.4 Å². The van der Waals surface area contributed by atoms with Crippen molar-refractivity contribution in [1.29, 1.82) is 0 Å². The summed E-state index contributed by atoms with van der Waals surface area (Å²) in [6.07, 6.45) is 4.77. The first-order valence-corrected chi connectivity index (χ1v) is 9.70. The lowest BCUT2D eigenvalue weighted by Crippen LogP contribution is -2.51. The molecule has 0 aliphatic carbocycles. The molecule has 1 atom stereocenters. The molecule has 2 fully saturated rings. The van der Waals surface area contributed by atoms with Crippen LogP contribution in [0.1, 0.15) is 49.6 Å². The van der Waals surface area contributed by atoms with Crippen LogP contribution < -0.4 is 5.32 Å². The highest BCUT2D eigenvalue weighted by atomic mass is 79.9. The lowest BCUT2D eigenvalue weighted by molar-refractivity contribution is -0.125. The van der Waals surface area contributed by atoms with Gasteiger partial charge in [-0.2, -0.15) is 0 Å². The van der Waals surface area contributed by atoms with E-state index in [2.05, 4.69) is 21.2 Å². The number of halogens is 1. The highest BCUT2D eigenvalue weighted by Gasteiger charge is 2.41. The monoisotopic (exact) mass is 412 g/mol. The fourth-order valence-corrected chi connectivity index (χ4v) is 4.19. The summed E-state index contributed by atoms with van der Waals surface area (Å²) in [7, 11) is 0. The van der Waals surface area contributed by atoms with E-state index in [1.165, 1.54) is 0 Å². The Morgan fingerprint density at radius 1 is 1.36 bits per heavy atom. The van der Waals surface area contributed by atoms with Crippen LogP contribution in [-0.2, 0) is 9.53 Å². The van der Waals surface area contributed by atoms with Gasteiger partial charge in [0.1, 0.15) is 0 Å². The number of carbonyl (C=O) groups is 2. The van der Waals surface area contributed by atoms with Crippen LogP contribution in [0.15, 0.2) is 21.2 Å². The molecule has 3 rings (SSSR count). The number of hydrogen-bond acceptors (Lipinski definition) is 4. The molecule has 138 valence electrons. The van der Waals surface area contributed by atoms with Crippen LogP contribution in [0.4, 0.5) is 0 Å². The second kappa shape index (κ2) is 7.91. The number of carbonyl (C=O) groups excluding carboxylic acids is 2. The van der Waals surface area contributed by atoms with Crippen LogP contribution >= 0.6 is 15.9 Å². The molecule has 0 saturated carbocycles. The average molecular weight is 413 g/mol. The van der Waals surface area contributed by atoms with Crippen molar-refractivity contribution in [2.75, 3.05) is 26.2 Å². The summed E-state index contributed by atoms with van der Waals surface area (Å²) in [6.45, 7) is 4.43. The Morgan fingerprint density at radius 3 is 2.76 bits per heavy atom. The highest BCUT2D eigenvalue weighted by molar-refractivity contribution is 9.10. The summed E-state index contributed by atoms with van der Waals surface area (Å²) in [6, 6.07) is 3.44. The summed E-state index contributed by atoms with van der Waals surface area (Å²) in [4.78, 5) is 25.3. The minimum Gasteiger partial charge on any atom is -0.444 e. The van der Waals surface area contributed by atoms with Crippen LogP contribution in [0, 0.1) is 5.92 Å². The molecule has 0 aromatic carbocycles. The molecule has 0 bridgehead atoms. The van der Waals surface area contributed by atoms with Gasteiger partial charge in [-0.15, -0.1) is 0 Å². The molecular weight excluding hydrogens is 388 g/mol. The van der Waals surface area contributed by atoms with Gasteiger partial charge in [-0.05, 0) is 66.1 Å². The van der Waals surface area contributed by atoms with Crippen molar-refractivity contribution >= 4 is 27.7 Å². The van der Waals surface area contributed by atoms with E-state index in [-0.39, 0.29) is 17.4 Å². The van der Waals surface area contributed by atoms with Gasteiger partial charge in [0.15, 0.2) is 10.4 Å². The zero-order valence-electron chi connectivity index (χ0n) is 14.6. The number of hydrogen-bond donors (Lipinski definition) is 1. The normalized spacial score (nSPS) is 22.8. The SMILES string of the molecule is CC(=O)NCCC1CCOC2(CCN(C(=O)c3ccc(Br)o3)CC2)C1. The number of nitrogens with zero attached hydrogens (tertiary/aromatic N) is 1. The maximum atomic E-state index is 12.5. The lowest BCUT2D eigenvalue weighted by atomic mass is 9.78. The van der Waals surface area contributed by atoms with Crippen molar-refractivity contribution in [3.63, 3.8) is 0 Å². The average Bonchev–Trinajstić information content (AvgIpc) is 3.01. The number of furan rings is 1. The second-order valence-corrected chi connectivity index (χ2v) is 7.84. The van der Waals surface area contributed by atoms with Crippen LogP contribution in [0.5, 0.6) is 0 Å². The third-order valence-corrected chi connectivity index (χ3v) is 5.69. The summed E-state index contributed by atoms with van der Waals surface area (Å²) in [5, 5.41) is 2.88. The summed E-state index contributed by atoms with van der Waals surface area (Å²) >= 11 is 3.23. The number of nitrogens with one attached hydrogen (secondary N) is 1. The standard InChI is InChI=1S/C18H25BrN2O4/c1-13(22)20-8-4-14-5-11-24-18(12-14)6-9-21(10-7-18)17(23)15-2-3-16(19)25-15/h2-3,14H,4-12H2,1H3,(H,20,22). The second-order valence-electron chi connectivity index (χ2n) is 7.06. The quantitative estimate of drug-likeness (QED) is 0.824. The molecule has 25 heavy (non-hydrogen) atoms. The predicted octanol–water partition coefficient (Wildman–Crippen LogP) is 2.97. The number of ether oxygens (including phenoxy) is 1. The van der Waals surface area contributed by atoms with E-state index in [1.54, 1.807) is 19.1 Å². The molecule has 2 aliphatic heterocycles. The van der Waals surface area contributed by atoms with E-state index in [9.17, 15) is 9.59 Å². The molecule has 2 aliphatic rings. The molecule has 2 amide bonds. The molecule has 2 saturated heterocycles. The van der Waals surface area contributed by atoms with Gasteiger partial charge < -0.3 is 19.4 Å². The molecule has 1 spiro atoms. The summed E-state index contributed by atoms with van der Waals surface area (Å²) in [5.41, 5.74) is -0.111. The van der Waals surface area contributed by atoms with Gasteiger partial charge >= 0.3 is 0 Å². The molecule has 1 unspecified atom stereocenters. The Bertz CT molecular complexity index is 622. The molecule has 1 aromatic rings. The van der Waals surface area contributed by atoms with E-state index in [4.69, 9.17) is 9.15 Å². The first-order valence-electron chi connectivity index (χ1n) is 8.90. The van der Waals surface area contributed by atoms with Crippen molar-refractivity contribution in [2.24, 2.45) is 5.92 Å². The van der Waals surface area contributed by atoms with Crippen molar-refractivity contribution in [3.05, 3.63) is 22.6 Å². The first-order chi connectivity index (χ1) is 12.0. The van der Waals surface area contributed by atoms with Gasteiger partial charge in [-0.3, -0.25) is 9.59 Å². The van der Waals surface area contributed by atoms with Crippen molar-refractivity contribution < 1.29 is 18.7 Å². The van der Waals surface area contributed by atoms with Gasteiger partial charge in [-0.25, -0.2) is 0 Å². The third-order valence-electron chi connectivity index (χ3n) is 5.27. The number of rotatable bonds is 4. The Labute approximate surface area is 156 Å². The van der Waals surface area contributed by atoms with Gasteiger partial charge in [0.05, 0.1) is 5.60 Å². The Kier molecular flexibility index (Phi) is 5.84.